The number of nitrogens with one attached hydrogen (secondary N) is 2. The summed E-state index contributed by atoms with van der Waals surface area (Å²) in [6.45, 7) is 4.35. The maximum Gasteiger partial charge on any atom is 0.408 e. The fraction of sp³-hybridized carbons (Fsp3) is 0.625. The number of nitrogens with zero attached hydrogens (tertiary/aromatic N) is 2. The van der Waals surface area contributed by atoms with E-state index in [2.05, 4.69) is 15.6 Å². The summed E-state index contributed by atoms with van der Waals surface area (Å²) in [6.07, 6.45) is 1.06. The fourth-order valence-corrected chi connectivity index (χ4v) is 3.84. The molecular formula is C16H22N4O4S. The number of thiazole rings is 1. The lowest BCUT2D eigenvalue weighted by Gasteiger charge is -2.28. The average Bonchev–Trinajstić information content (AvgIpc) is 3.28. The second kappa shape index (κ2) is 7.38. The second-order valence-electron chi connectivity index (χ2n) is 6.50. The van der Waals surface area contributed by atoms with Crippen LogP contribution in [0, 0.1) is 0 Å². The number of cyclic esters (lactones) is 1. The fourth-order valence-electron chi connectivity index (χ4n) is 3.26. The van der Waals surface area contributed by atoms with Crippen LogP contribution in [0.25, 0.3) is 0 Å². The molecule has 3 heterocycles. The molecule has 9 heteroatoms. The molecule has 4 atom stereocenters. The predicted molar refractivity (Wildman–Crippen MR) is 91.0 cm³/mol. The Hall–Kier alpha value is -2.16. The first kappa shape index (κ1) is 17.7. The number of hydrogen-bond acceptors (Lipinski definition) is 6. The lowest BCUT2D eigenvalue weighted by molar-refractivity contribution is -0.137. The molecule has 2 aliphatic rings. The zero-order valence-corrected chi connectivity index (χ0v) is 15.0. The molecule has 2 fully saturated rings. The van der Waals surface area contributed by atoms with Crippen molar-refractivity contribution in [2.24, 2.45) is 0 Å². The average molecular weight is 366 g/mol. The largest absolute Gasteiger partial charge is 0.444 e. The Balaban J connectivity index is 1.72. The Labute approximate surface area is 149 Å². The second-order valence-corrected chi connectivity index (χ2v) is 7.22. The van der Waals surface area contributed by atoms with E-state index in [0.717, 1.165) is 18.5 Å². The molecule has 2 saturated heterocycles. The number of rotatable bonds is 5. The molecule has 3 amide bonds. The summed E-state index contributed by atoms with van der Waals surface area (Å²) in [5, 5.41) is 7.12. The minimum Gasteiger partial charge on any atom is -0.444 e. The van der Waals surface area contributed by atoms with Crippen molar-refractivity contribution in [3.63, 3.8) is 0 Å². The van der Waals surface area contributed by atoms with E-state index in [9.17, 15) is 14.4 Å². The minimum atomic E-state index is -0.797. The first-order valence-electron chi connectivity index (χ1n) is 8.40. The molecule has 0 saturated carbocycles. The predicted octanol–water partition coefficient (Wildman–Crippen LogP) is 0.678. The Morgan fingerprint density at radius 2 is 2.32 bits per heavy atom. The first-order valence-corrected chi connectivity index (χ1v) is 9.35. The summed E-state index contributed by atoms with van der Waals surface area (Å²) < 4.78 is 4.94. The number of amides is 3. The minimum absolute atomic E-state index is 0.107. The number of aromatic nitrogens is 1. The van der Waals surface area contributed by atoms with Gasteiger partial charge >= 0.3 is 6.09 Å². The van der Waals surface area contributed by atoms with E-state index >= 15 is 0 Å². The van der Waals surface area contributed by atoms with Crippen LogP contribution >= 0.6 is 11.3 Å². The molecule has 2 N–H and O–H groups in total. The Bertz CT molecular complexity index is 651. The van der Waals surface area contributed by atoms with Crippen molar-refractivity contribution in [3.05, 3.63) is 16.6 Å². The van der Waals surface area contributed by atoms with Crippen LogP contribution in [-0.2, 0) is 20.7 Å². The van der Waals surface area contributed by atoms with Crippen molar-refractivity contribution in [2.75, 3.05) is 6.54 Å². The van der Waals surface area contributed by atoms with E-state index in [1.165, 1.54) is 11.3 Å². The third-order valence-corrected chi connectivity index (χ3v) is 5.30. The smallest absolute Gasteiger partial charge is 0.408 e. The van der Waals surface area contributed by atoms with Crippen molar-refractivity contribution >= 4 is 29.2 Å². The Morgan fingerprint density at radius 1 is 1.52 bits per heavy atom. The SMILES string of the molecule is CC1OC(=O)NC1C(=O)NC(Cc1cscn1)C(=O)N1CCCC1C. The Kier molecular flexibility index (Phi) is 5.22. The molecule has 1 aromatic heterocycles. The normalized spacial score (nSPS) is 26.9. The van der Waals surface area contributed by atoms with Crippen molar-refractivity contribution in [2.45, 2.75) is 57.3 Å². The molecule has 2 aliphatic heterocycles. The molecular weight excluding hydrogens is 344 g/mol. The topological polar surface area (TPSA) is 101 Å². The standard InChI is InChI=1S/C16H22N4O4S/c1-9-4-3-5-20(9)15(22)12(6-11-7-25-8-17-11)18-14(21)13-10(2)24-16(23)19-13/h7-10,12-13H,3-6H2,1-2H3,(H,18,21)(H,19,23). The van der Waals surface area contributed by atoms with Gasteiger partial charge in [0.05, 0.1) is 11.2 Å². The highest BCUT2D eigenvalue weighted by molar-refractivity contribution is 7.07. The van der Waals surface area contributed by atoms with Gasteiger partial charge in [0.25, 0.3) is 0 Å². The van der Waals surface area contributed by atoms with E-state index in [4.69, 9.17) is 4.74 Å². The van der Waals surface area contributed by atoms with E-state index in [1.54, 1.807) is 12.4 Å². The van der Waals surface area contributed by atoms with Crippen LogP contribution in [0.15, 0.2) is 10.9 Å². The maximum atomic E-state index is 12.9. The van der Waals surface area contributed by atoms with Gasteiger partial charge in [-0.25, -0.2) is 9.78 Å². The molecule has 25 heavy (non-hydrogen) atoms. The third kappa shape index (κ3) is 3.92. The van der Waals surface area contributed by atoms with E-state index in [-0.39, 0.29) is 11.9 Å². The summed E-state index contributed by atoms with van der Waals surface area (Å²) in [5.74, 6) is -0.525. The van der Waals surface area contributed by atoms with Gasteiger partial charge in [0.1, 0.15) is 18.2 Å². The monoisotopic (exact) mass is 366 g/mol. The summed E-state index contributed by atoms with van der Waals surface area (Å²) in [5.41, 5.74) is 2.46. The lowest BCUT2D eigenvalue weighted by atomic mass is 10.1. The third-order valence-electron chi connectivity index (χ3n) is 4.67. The number of ether oxygens (including phenoxy) is 1. The van der Waals surface area contributed by atoms with Gasteiger partial charge in [0, 0.05) is 24.4 Å². The van der Waals surface area contributed by atoms with Crippen LogP contribution in [0.1, 0.15) is 32.4 Å². The lowest BCUT2D eigenvalue weighted by Crippen LogP contribution is -2.55. The van der Waals surface area contributed by atoms with E-state index < -0.39 is 30.2 Å². The van der Waals surface area contributed by atoms with Gasteiger partial charge in [0.2, 0.25) is 11.8 Å². The van der Waals surface area contributed by atoms with Crippen LogP contribution < -0.4 is 10.6 Å². The van der Waals surface area contributed by atoms with Gasteiger partial charge in [-0.2, -0.15) is 0 Å². The number of carbonyl (C=O) groups is 3. The highest BCUT2D eigenvalue weighted by atomic mass is 32.1. The molecule has 0 bridgehead atoms. The van der Waals surface area contributed by atoms with Crippen molar-refractivity contribution < 1.29 is 19.1 Å². The zero-order chi connectivity index (χ0) is 18.0. The molecule has 136 valence electrons. The molecule has 0 aliphatic carbocycles. The number of likely N-dealkylation sites (tertiary alicyclic amines) is 1. The van der Waals surface area contributed by atoms with Crippen LogP contribution in [0.2, 0.25) is 0 Å². The first-order chi connectivity index (χ1) is 12.0. The summed E-state index contributed by atoms with van der Waals surface area (Å²) in [6, 6.07) is -1.34. The van der Waals surface area contributed by atoms with Gasteiger partial charge < -0.3 is 20.3 Å². The van der Waals surface area contributed by atoms with E-state index in [0.29, 0.717) is 13.0 Å². The molecule has 0 spiro atoms. The molecule has 1 aromatic rings. The highest BCUT2D eigenvalue weighted by Gasteiger charge is 2.39. The van der Waals surface area contributed by atoms with Crippen LogP contribution in [0.4, 0.5) is 4.79 Å². The molecule has 0 aromatic carbocycles. The number of hydrogen-bond donors (Lipinski definition) is 2. The summed E-state index contributed by atoms with van der Waals surface area (Å²) in [4.78, 5) is 42.8. The summed E-state index contributed by atoms with van der Waals surface area (Å²) >= 11 is 1.45. The molecule has 0 radical (unpaired) electrons. The molecule has 8 nitrogen and oxygen atoms in total. The maximum absolute atomic E-state index is 12.9. The van der Waals surface area contributed by atoms with Crippen molar-refractivity contribution in [1.29, 1.82) is 0 Å². The molecule has 4 unspecified atom stereocenters. The van der Waals surface area contributed by atoms with Gasteiger partial charge in [-0.05, 0) is 26.7 Å². The van der Waals surface area contributed by atoms with Crippen LogP contribution in [0.5, 0.6) is 0 Å². The molecule has 3 rings (SSSR count). The highest BCUT2D eigenvalue weighted by Crippen LogP contribution is 2.19. The quantitative estimate of drug-likeness (QED) is 0.798. The Morgan fingerprint density at radius 3 is 2.88 bits per heavy atom. The van der Waals surface area contributed by atoms with Crippen LogP contribution in [-0.4, -0.2) is 58.6 Å². The summed E-state index contributed by atoms with van der Waals surface area (Å²) in [7, 11) is 0. The van der Waals surface area contributed by atoms with Crippen molar-refractivity contribution in [1.82, 2.24) is 20.5 Å². The van der Waals surface area contributed by atoms with Gasteiger partial charge in [-0.3, -0.25) is 9.59 Å². The van der Waals surface area contributed by atoms with E-state index in [1.807, 2.05) is 17.2 Å². The van der Waals surface area contributed by atoms with Gasteiger partial charge in [0.15, 0.2) is 0 Å². The zero-order valence-electron chi connectivity index (χ0n) is 14.2. The number of alkyl carbamates (subject to hydrolysis) is 1. The number of carbonyl (C=O) groups excluding carboxylic acids is 3. The van der Waals surface area contributed by atoms with Crippen LogP contribution in [0.3, 0.4) is 0 Å². The van der Waals surface area contributed by atoms with Gasteiger partial charge in [-0.1, -0.05) is 0 Å². The van der Waals surface area contributed by atoms with Gasteiger partial charge in [-0.15, -0.1) is 11.3 Å². The van der Waals surface area contributed by atoms with Crippen molar-refractivity contribution in [3.8, 4) is 0 Å².